The van der Waals surface area contributed by atoms with Crippen LogP contribution in [0.2, 0.25) is 0 Å². The van der Waals surface area contributed by atoms with E-state index in [9.17, 15) is 9.59 Å². The molecule has 0 fully saturated rings. The Hall–Kier alpha value is -1.47. The SMILES string of the molecule is Cc1ccc(C(=O)NNC(=S)NC(=O)CC(C)C)cc1Br. The molecule has 0 heterocycles. The van der Waals surface area contributed by atoms with Crippen molar-refractivity contribution >= 4 is 45.1 Å². The fraction of sp³-hybridized carbons (Fsp3) is 0.357. The largest absolute Gasteiger partial charge is 0.302 e. The summed E-state index contributed by atoms with van der Waals surface area (Å²) in [6, 6.07) is 5.26. The average molecular weight is 372 g/mol. The number of aryl methyl sites for hydroxylation is 1. The summed E-state index contributed by atoms with van der Waals surface area (Å²) in [6.45, 7) is 5.81. The van der Waals surface area contributed by atoms with Gasteiger partial charge in [0.1, 0.15) is 0 Å². The molecule has 0 saturated heterocycles. The zero-order valence-corrected chi connectivity index (χ0v) is 14.5. The molecule has 0 aromatic heterocycles. The third kappa shape index (κ3) is 6.22. The van der Waals surface area contributed by atoms with Crippen molar-refractivity contribution in [3.8, 4) is 0 Å². The number of carbonyl (C=O) groups excluding carboxylic acids is 2. The Morgan fingerprint density at radius 2 is 1.95 bits per heavy atom. The number of nitrogens with one attached hydrogen (secondary N) is 3. The zero-order valence-electron chi connectivity index (χ0n) is 12.1. The number of thiocarbonyl (C=S) groups is 1. The van der Waals surface area contributed by atoms with Crippen molar-refractivity contribution in [1.29, 1.82) is 0 Å². The summed E-state index contributed by atoms with van der Waals surface area (Å²) in [5.41, 5.74) is 6.46. The first kappa shape index (κ1) is 17.6. The lowest BCUT2D eigenvalue weighted by molar-refractivity contribution is -0.120. The standard InChI is InChI=1S/C14H18BrN3O2S/c1-8(2)6-12(19)16-14(21)18-17-13(20)10-5-4-9(3)11(15)7-10/h4-5,7-8H,6H2,1-3H3,(H,17,20)(H2,16,18,19,21). The normalized spacial score (nSPS) is 10.1. The second-order valence-corrected chi connectivity index (χ2v) is 6.28. The lowest BCUT2D eigenvalue weighted by Crippen LogP contribution is -2.48. The second-order valence-electron chi connectivity index (χ2n) is 5.02. The van der Waals surface area contributed by atoms with E-state index in [-0.39, 0.29) is 22.8 Å². The van der Waals surface area contributed by atoms with Crippen molar-refractivity contribution in [3.63, 3.8) is 0 Å². The monoisotopic (exact) mass is 371 g/mol. The van der Waals surface area contributed by atoms with Gasteiger partial charge in [-0.25, -0.2) is 0 Å². The Kier molecular flexibility index (Phi) is 6.77. The fourth-order valence-electron chi connectivity index (χ4n) is 1.50. The Morgan fingerprint density at radius 3 is 2.52 bits per heavy atom. The summed E-state index contributed by atoms with van der Waals surface area (Å²) in [5.74, 6) is -0.279. The van der Waals surface area contributed by atoms with Crippen LogP contribution in [0.5, 0.6) is 0 Å². The number of amides is 2. The van der Waals surface area contributed by atoms with Crippen LogP contribution >= 0.6 is 28.1 Å². The van der Waals surface area contributed by atoms with Crippen molar-refractivity contribution < 1.29 is 9.59 Å². The van der Waals surface area contributed by atoms with Gasteiger partial charge < -0.3 is 5.32 Å². The predicted molar refractivity (Wildman–Crippen MR) is 89.7 cm³/mol. The molecule has 1 aromatic carbocycles. The van der Waals surface area contributed by atoms with Crippen molar-refractivity contribution in [1.82, 2.24) is 16.2 Å². The van der Waals surface area contributed by atoms with E-state index in [1.807, 2.05) is 26.8 Å². The molecule has 114 valence electrons. The zero-order chi connectivity index (χ0) is 16.0. The molecule has 1 aromatic rings. The van der Waals surface area contributed by atoms with Crippen LogP contribution < -0.4 is 16.2 Å². The number of hydrogen-bond acceptors (Lipinski definition) is 3. The highest BCUT2D eigenvalue weighted by Crippen LogP contribution is 2.17. The van der Waals surface area contributed by atoms with Gasteiger partial charge >= 0.3 is 0 Å². The van der Waals surface area contributed by atoms with Crippen LogP contribution in [0.3, 0.4) is 0 Å². The smallest absolute Gasteiger partial charge is 0.269 e. The van der Waals surface area contributed by atoms with Gasteiger partial charge in [0, 0.05) is 16.5 Å². The van der Waals surface area contributed by atoms with Crippen LogP contribution in [-0.2, 0) is 4.79 Å². The Bertz CT molecular complexity index is 561. The van der Waals surface area contributed by atoms with Gasteiger partial charge in [0.2, 0.25) is 5.91 Å². The summed E-state index contributed by atoms with van der Waals surface area (Å²) >= 11 is 8.30. The van der Waals surface area contributed by atoms with E-state index in [4.69, 9.17) is 12.2 Å². The van der Waals surface area contributed by atoms with Gasteiger partial charge in [-0.05, 0) is 42.8 Å². The van der Waals surface area contributed by atoms with E-state index in [0.29, 0.717) is 12.0 Å². The topological polar surface area (TPSA) is 70.2 Å². The van der Waals surface area contributed by atoms with Crippen molar-refractivity contribution in [2.24, 2.45) is 5.92 Å². The summed E-state index contributed by atoms with van der Waals surface area (Å²) in [5, 5.41) is 2.57. The van der Waals surface area contributed by atoms with Gasteiger partial charge in [-0.1, -0.05) is 35.8 Å². The van der Waals surface area contributed by atoms with Gasteiger partial charge in [0.15, 0.2) is 5.11 Å². The highest BCUT2D eigenvalue weighted by Gasteiger charge is 2.09. The minimum absolute atomic E-state index is 0.0696. The minimum atomic E-state index is -0.337. The molecule has 0 radical (unpaired) electrons. The van der Waals surface area contributed by atoms with Gasteiger partial charge in [-0.2, -0.15) is 0 Å². The highest BCUT2D eigenvalue weighted by atomic mass is 79.9. The Labute approximate surface area is 138 Å². The molecule has 5 nitrogen and oxygen atoms in total. The number of benzene rings is 1. The van der Waals surface area contributed by atoms with E-state index < -0.39 is 0 Å². The molecule has 1 rings (SSSR count). The predicted octanol–water partition coefficient (Wildman–Crippen LogP) is 2.44. The minimum Gasteiger partial charge on any atom is -0.302 e. The molecule has 21 heavy (non-hydrogen) atoms. The number of rotatable bonds is 3. The average Bonchev–Trinajstić information content (AvgIpc) is 2.38. The van der Waals surface area contributed by atoms with E-state index in [1.165, 1.54) is 0 Å². The van der Waals surface area contributed by atoms with E-state index in [1.54, 1.807) is 12.1 Å². The lowest BCUT2D eigenvalue weighted by Gasteiger charge is -2.12. The first-order valence-corrected chi connectivity index (χ1v) is 7.66. The maximum absolute atomic E-state index is 11.9. The van der Waals surface area contributed by atoms with Crippen LogP contribution in [-0.4, -0.2) is 16.9 Å². The van der Waals surface area contributed by atoms with Crippen LogP contribution in [0.15, 0.2) is 22.7 Å². The molecular formula is C14H18BrN3O2S. The van der Waals surface area contributed by atoms with Gasteiger partial charge in [0.25, 0.3) is 5.91 Å². The van der Waals surface area contributed by atoms with Crippen LogP contribution in [0, 0.1) is 12.8 Å². The molecule has 0 bridgehead atoms. The first-order valence-electron chi connectivity index (χ1n) is 6.46. The molecule has 3 N–H and O–H groups in total. The molecule has 0 aliphatic rings. The van der Waals surface area contributed by atoms with Crippen LogP contribution in [0.1, 0.15) is 36.2 Å². The summed E-state index contributed by atoms with van der Waals surface area (Å²) in [6.07, 6.45) is 0.376. The molecule has 2 amide bonds. The summed E-state index contributed by atoms with van der Waals surface area (Å²) in [7, 11) is 0. The van der Waals surface area contributed by atoms with Gasteiger partial charge in [0.05, 0.1) is 0 Å². The first-order chi connectivity index (χ1) is 9.79. The van der Waals surface area contributed by atoms with Gasteiger partial charge in [-0.15, -0.1) is 0 Å². The second kappa shape index (κ2) is 8.09. The molecule has 0 unspecified atom stereocenters. The summed E-state index contributed by atoms with van der Waals surface area (Å²) < 4.78 is 0.850. The number of hydrazine groups is 1. The van der Waals surface area contributed by atoms with Crippen molar-refractivity contribution in [2.75, 3.05) is 0 Å². The number of hydrogen-bond donors (Lipinski definition) is 3. The van der Waals surface area contributed by atoms with Crippen molar-refractivity contribution in [2.45, 2.75) is 27.2 Å². The number of carbonyl (C=O) groups is 2. The van der Waals surface area contributed by atoms with Gasteiger partial charge in [-0.3, -0.25) is 20.4 Å². The molecule has 7 heteroatoms. The molecule has 0 saturated carbocycles. The quantitative estimate of drug-likeness (QED) is 0.563. The van der Waals surface area contributed by atoms with Crippen molar-refractivity contribution in [3.05, 3.63) is 33.8 Å². The third-order valence-corrected chi connectivity index (χ3v) is 3.63. The third-order valence-electron chi connectivity index (χ3n) is 2.57. The maximum atomic E-state index is 11.9. The summed E-state index contributed by atoms with van der Waals surface area (Å²) in [4.78, 5) is 23.4. The lowest BCUT2D eigenvalue weighted by atomic mass is 10.1. The van der Waals surface area contributed by atoms with Crippen LogP contribution in [0.25, 0.3) is 0 Å². The molecule has 0 spiro atoms. The van der Waals surface area contributed by atoms with E-state index >= 15 is 0 Å². The Morgan fingerprint density at radius 1 is 1.29 bits per heavy atom. The molecule has 0 atom stereocenters. The molecular weight excluding hydrogens is 354 g/mol. The van der Waals surface area contributed by atoms with E-state index in [2.05, 4.69) is 32.1 Å². The number of halogens is 1. The molecule has 0 aliphatic heterocycles. The Balaban J connectivity index is 2.47. The van der Waals surface area contributed by atoms with E-state index in [0.717, 1.165) is 10.0 Å². The maximum Gasteiger partial charge on any atom is 0.269 e. The molecule has 0 aliphatic carbocycles. The fourth-order valence-corrected chi connectivity index (χ4v) is 2.04. The van der Waals surface area contributed by atoms with Crippen LogP contribution in [0.4, 0.5) is 0 Å². The highest BCUT2D eigenvalue weighted by molar-refractivity contribution is 9.10.